The maximum Gasteiger partial charge on any atom is 0.254 e. The fraction of sp³-hybridized carbons (Fsp3) is 0.391. The standard InChI is InChI=1S/C23H28N2O4/c1-16-7-4-5-10-19(16)20-14-25(15-21(20)22(26)24-11-12-28-2)23(27)17-8-6-9-18(13-17)29-3/h4-10,13,20-21H,11-12,14-15H2,1-3H3,(H,24,26)/t20-,21+/m0/s1. The summed E-state index contributed by atoms with van der Waals surface area (Å²) in [7, 11) is 3.18. The van der Waals surface area contributed by atoms with Crippen molar-refractivity contribution in [3.8, 4) is 5.75 Å². The van der Waals surface area contributed by atoms with Crippen LogP contribution in [0.2, 0.25) is 0 Å². The SMILES string of the molecule is COCCNC(=O)[C@@H]1CN(C(=O)c2cccc(OC)c2)C[C@H]1c1ccccc1C. The average molecular weight is 396 g/mol. The molecular weight excluding hydrogens is 368 g/mol. The first kappa shape index (κ1) is 20.9. The Bertz CT molecular complexity index is 867. The van der Waals surface area contributed by atoms with Gasteiger partial charge in [0.05, 0.1) is 19.6 Å². The summed E-state index contributed by atoms with van der Waals surface area (Å²) in [6.45, 7) is 3.84. The van der Waals surface area contributed by atoms with Gasteiger partial charge in [-0.2, -0.15) is 0 Å². The molecule has 2 amide bonds. The number of aryl methyl sites for hydroxylation is 1. The van der Waals surface area contributed by atoms with E-state index in [1.807, 2.05) is 31.2 Å². The first-order valence-corrected chi connectivity index (χ1v) is 9.80. The van der Waals surface area contributed by atoms with Gasteiger partial charge in [-0.1, -0.05) is 30.3 Å². The second kappa shape index (κ2) is 9.56. The van der Waals surface area contributed by atoms with Crippen molar-refractivity contribution in [1.82, 2.24) is 10.2 Å². The van der Waals surface area contributed by atoms with Crippen LogP contribution in [0, 0.1) is 12.8 Å². The molecule has 29 heavy (non-hydrogen) atoms. The molecule has 1 aliphatic heterocycles. The zero-order valence-corrected chi connectivity index (χ0v) is 17.2. The highest BCUT2D eigenvalue weighted by molar-refractivity contribution is 5.95. The van der Waals surface area contributed by atoms with Crippen LogP contribution in [-0.2, 0) is 9.53 Å². The lowest BCUT2D eigenvalue weighted by Crippen LogP contribution is -2.37. The fourth-order valence-electron chi connectivity index (χ4n) is 3.90. The number of methoxy groups -OCH3 is 2. The van der Waals surface area contributed by atoms with Gasteiger partial charge in [0.15, 0.2) is 0 Å². The third kappa shape index (κ3) is 4.77. The minimum absolute atomic E-state index is 0.0451. The summed E-state index contributed by atoms with van der Waals surface area (Å²) in [6, 6.07) is 15.2. The topological polar surface area (TPSA) is 67.9 Å². The van der Waals surface area contributed by atoms with E-state index in [1.165, 1.54) is 0 Å². The van der Waals surface area contributed by atoms with E-state index in [2.05, 4.69) is 11.4 Å². The number of nitrogens with zero attached hydrogens (tertiary/aromatic N) is 1. The van der Waals surface area contributed by atoms with Gasteiger partial charge in [0.2, 0.25) is 5.91 Å². The maximum absolute atomic E-state index is 13.1. The molecule has 1 saturated heterocycles. The summed E-state index contributed by atoms with van der Waals surface area (Å²) in [4.78, 5) is 27.8. The molecule has 6 nitrogen and oxygen atoms in total. The molecule has 6 heteroatoms. The van der Waals surface area contributed by atoms with Gasteiger partial charge in [-0.3, -0.25) is 9.59 Å². The number of nitrogens with one attached hydrogen (secondary N) is 1. The predicted molar refractivity (Wildman–Crippen MR) is 111 cm³/mol. The molecule has 154 valence electrons. The van der Waals surface area contributed by atoms with Crippen molar-refractivity contribution in [2.45, 2.75) is 12.8 Å². The summed E-state index contributed by atoms with van der Waals surface area (Å²) in [5.41, 5.74) is 2.80. The van der Waals surface area contributed by atoms with Gasteiger partial charge in [0.25, 0.3) is 5.91 Å². The van der Waals surface area contributed by atoms with Gasteiger partial charge < -0.3 is 19.7 Å². The number of carbonyl (C=O) groups excluding carboxylic acids is 2. The van der Waals surface area contributed by atoms with E-state index in [-0.39, 0.29) is 23.7 Å². The Morgan fingerprint density at radius 3 is 2.62 bits per heavy atom. The molecule has 1 fully saturated rings. The van der Waals surface area contributed by atoms with Gasteiger partial charge >= 0.3 is 0 Å². The largest absolute Gasteiger partial charge is 0.497 e. The summed E-state index contributed by atoms with van der Waals surface area (Å²) in [5.74, 6) is 0.154. The predicted octanol–water partition coefficient (Wildman–Crippen LogP) is 2.62. The Hall–Kier alpha value is -2.86. The van der Waals surface area contributed by atoms with Crippen LogP contribution >= 0.6 is 0 Å². The quantitative estimate of drug-likeness (QED) is 0.731. The second-order valence-electron chi connectivity index (χ2n) is 7.30. The number of hydrogen-bond donors (Lipinski definition) is 1. The molecule has 2 atom stereocenters. The molecule has 0 aliphatic carbocycles. The number of ether oxygens (including phenoxy) is 2. The minimum Gasteiger partial charge on any atom is -0.497 e. The minimum atomic E-state index is -0.303. The molecule has 0 spiro atoms. The van der Waals surface area contributed by atoms with E-state index >= 15 is 0 Å². The molecule has 3 rings (SSSR count). The van der Waals surface area contributed by atoms with Crippen molar-refractivity contribution < 1.29 is 19.1 Å². The van der Waals surface area contributed by atoms with E-state index in [4.69, 9.17) is 9.47 Å². The van der Waals surface area contributed by atoms with Crippen LogP contribution in [0.15, 0.2) is 48.5 Å². The van der Waals surface area contributed by atoms with Crippen LogP contribution in [-0.4, -0.2) is 57.2 Å². The third-order valence-corrected chi connectivity index (χ3v) is 5.45. The molecule has 1 N–H and O–H groups in total. The highest BCUT2D eigenvalue weighted by Gasteiger charge is 2.41. The van der Waals surface area contributed by atoms with E-state index in [9.17, 15) is 9.59 Å². The van der Waals surface area contributed by atoms with E-state index in [0.717, 1.165) is 11.1 Å². The van der Waals surface area contributed by atoms with Crippen LogP contribution in [0.25, 0.3) is 0 Å². The van der Waals surface area contributed by atoms with Crippen LogP contribution < -0.4 is 10.1 Å². The Morgan fingerprint density at radius 1 is 1.10 bits per heavy atom. The molecule has 0 aromatic heterocycles. The van der Waals surface area contributed by atoms with Gasteiger partial charge in [-0.15, -0.1) is 0 Å². The van der Waals surface area contributed by atoms with Gasteiger partial charge in [0.1, 0.15) is 5.75 Å². The summed E-state index contributed by atoms with van der Waals surface area (Å²) >= 11 is 0. The lowest BCUT2D eigenvalue weighted by atomic mass is 9.86. The van der Waals surface area contributed by atoms with Gasteiger partial charge in [-0.05, 0) is 36.2 Å². The van der Waals surface area contributed by atoms with Crippen LogP contribution in [0.3, 0.4) is 0 Å². The molecule has 0 unspecified atom stereocenters. The number of carbonyl (C=O) groups is 2. The highest BCUT2D eigenvalue weighted by atomic mass is 16.5. The lowest BCUT2D eigenvalue weighted by molar-refractivity contribution is -0.125. The van der Waals surface area contributed by atoms with Gasteiger partial charge in [-0.25, -0.2) is 0 Å². The van der Waals surface area contributed by atoms with Crippen molar-refractivity contribution in [3.05, 3.63) is 65.2 Å². The number of benzene rings is 2. The first-order valence-electron chi connectivity index (χ1n) is 9.80. The third-order valence-electron chi connectivity index (χ3n) is 5.45. The molecular formula is C23H28N2O4. The first-order chi connectivity index (χ1) is 14.0. The monoisotopic (exact) mass is 396 g/mol. The Kier molecular flexibility index (Phi) is 6.88. The highest BCUT2D eigenvalue weighted by Crippen LogP contribution is 2.35. The van der Waals surface area contributed by atoms with E-state index in [1.54, 1.807) is 37.3 Å². The molecule has 2 aromatic rings. The number of rotatable bonds is 7. The second-order valence-corrected chi connectivity index (χ2v) is 7.30. The van der Waals surface area contributed by atoms with Crippen molar-refractivity contribution in [1.29, 1.82) is 0 Å². The maximum atomic E-state index is 13.1. The zero-order chi connectivity index (χ0) is 20.8. The lowest BCUT2D eigenvalue weighted by Gasteiger charge is -2.19. The zero-order valence-electron chi connectivity index (χ0n) is 17.2. The molecule has 0 radical (unpaired) electrons. The van der Waals surface area contributed by atoms with Crippen molar-refractivity contribution in [2.24, 2.45) is 5.92 Å². The van der Waals surface area contributed by atoms with Crippen LogP contribution in [0.4, 0.5) is 0 Å². The molecule has 2 aromatic carbocycles. The fourth-order valence-corrected chi connectivity index (χ4v) is 3.90. The summed E-state index contributed by atoms with van der Waals surface area (Å²) in [5, 5.41) is 2.94. The molecule has 1 aliphatic rings. The summed E-state index contributed by atoms with van der Waals surface area (Å²) < 4.78 is 10.3. The van der Waals surface area contributed by atoms with Crippen LogP contribution in [0.1, 0.15) is 27.4 Å². The van der Waals surface area contributed by atoms with Crippen LogP contribution in [0.5, 0.6) is 5.75 Å². The number of amides is 2. The molecule has 0 bridgehead atoms. The smallest absolute Gasteiger partial charge is 0.254 e. The Labute approximate surface area is 171 Å². The Morgan fingerprint density at radius 2 is 1.90 bits per heavy atom. The van der Waals surface area contributed by atoms with Gasteiger partial charge in [0, 0.05) is 38.2 Å². The average Bonchev–Trinajstić information content (AvgIpc) is 3.19. The summed E-state index contributed by atoms with van der Waals surface area (Å²) in [6.07, 6.45) is 0. The number of likely N-dealkylation sites (tertiary alicyclic amines) is 1. The molecule has 1 heterocycles. The molecule has 0 saturated carbocycles. The van der Waals surface area contributed by atoms with Crippen molar-refractivity contribution in [2.75, 3.05) is 40.5 Å². The normalized spacial score (nSPS) is 18.5. The van der Waals surface area contributed by atoms with Crippen molar-refractivity contribution >= 4 is 11.8 Å². The Balaban J connectivity index is 1.84. The number of hydrogen-bond acceptors (Lipinski definition) is 4. The van der Waals surface area contributed by atoms with E-state index < -0.39 is 0 Å². The van der Waals surface area contributed by atoms with Crippen molar-refractivity contribution in [3.63, 3.8) is 0 Å². The van der Waals surface area contributed by atoms with E-state index in [0.29, 0.717) is 37.6 Å².